The number of nitrogens with one attached hydrogen (secondary N) is 6. The van der Waals surface area contributed by atoms with E-state index in [4.69, 9.17) is 11.6 Å². The van der Waals surface area contributed by atoms with Crippen molar-refractivity contribution in [3.05, 3.63) is 76.9 Å². The smallest absolute Gasteiger partial charge is 0.422 e. The van der Waals surface area contributed by atoms with Gasteiger partial charge in [0.1, 0.15) is 5.82 Å². The number of amidine groups is 1. The van der Waals surface area contributed by atoms with Crippen molar-refractivity contribution >= 4 is 59.5 Å². The normalized spacial score (nSPS) is 14.4. The van der Waals surface area contributed by atoms with Crippen molar-refractivity contribution in [2.24, 2.45) is 20.4 Å². The minimum Gasteiger partial charge on any atom is -0.454 e. The van der Waals surface area contributed by atoms with Gasteiger partial charge in [0.05, 0.1) is 12.9 Å². The number of nitrogens with zero attached hydrogens (tertiary/aromatic N) is 4. The van der Waals surface area contributed by atoms with Gasteiger partial charge >= 0.3 is 24.0 Å². The second-order valence-corrected chi connectivity index (χ2v) is 12.5. The summed E-state index contributed by atoms with van der Waals surface area (Å²) in [6.07, 6.45) is -1.49. The number of hydrogen-bond acceptors (Lipinski definition) is 7. The second-order valence-electron chi connectivity index (χ2n) is 12.0. The highest BCUT2D eigenvalue weighted by Crippen LogP contribution is 2.45. The number of benzene rings is 2. The molecule has 0 spiro atoms. The number of carbonyl (C=O) groups is 3. The molecule has 0 unspecified atom stereocenters. The van der Waals surface area contributed by atoms with Crippen LogP contribution in [0.4, 0.5) is 24.7 Å². The lowest BCUT2D eigenvalue weighted by molar-refractivity contribution is -0.156. The summed E-state index contributed by atoms with van der Waals surface area (Å²) >= 11 is 6.02. The highest BCUT2D eigenvalue weighted by atomic mass is 35.5. The number of aromatic amines is 1. The van der Waals surface area contributed by atoms with E-state index in [2.05, 4.69) is 63.2 Å². The van der Waals surface area contributed by atoms with Crippen LogP contribution < -0.4 is 26.6 Å². The predicted molar refractivity (Wildman–Crippen MR) is 183 cm³/mol. The second kappa shape index (κ2) is 16.4. The Morgan fingerprint density at radius 1 is 0.980 bits per heavy atom. The number of amides is 3. The lowest BCUT2D eigenvalue weighted by Crippen LogP contribution is -2.45. The molecule has 2 aromatic carbocycles. The molecule has 1 aliphatic carbocycles. The number of H-pyrrole nitrogens is 1. The van der Waals surface area contributed by atoms with Crippen molar-refractivity contribution < 1.29 is 32.3 Å². The fourth-order valence-electron chi connectivity index (χ4n) is 4.40. The fraction of sp³-hybridized carbons (Fsp3) is 0.344. The van der Waals surface area contributed by atoms with Gasteiger partial charge in [0.2, 0.25) is 5.96 Å². The zero-order valence-corrected chi connectivity index (χ0v) is 27.9. The van der Waals surface area contributed by atoms with Crippen LogP contribution in [0.1, 0.15) is 42.6 Å². The monoisotopic (exact) mass is 716 g/mol. The Hall–Kier alpha value is -5.29. The molecule has 14 nitrogen and oxygen atoms in total. The van der Waals surface area contributed by atoms with Gasteiger partial charge in [-0.05, 0) is 66.9 Å². The van der Waals surface area contributed by atoms with Crippen molar-refractivity contribution in [1.82, 2.24) is 26.1 Å². The minimum absolute atomic E-state index is 0.0454. The van der Waals surface area contributed by atoms with Crippen molar-refractivity contribution in [2.45, 2.75) is 38.4 Å². The van der Waals surface area contributed by atoms with Crippen molar-refractivity contribution in [1.29, 1.82) is 0 Å². The first kappa shape index (κ1) is 37.5. The first-order chi connectivity index (χ1) is 23.7. The molecule has 6 N–H and O–H groups in total. The number of anilines is 2. The summed E-state index contributed by atoms with van der Waals surface area (Å²) in [5, 5.41) is 20.8. The van der Waals surface area contributed by atoms with Crippen LogP contribution in [0.25, 0.3) is 0 Å². The Balaban J connectivity index is 1.35. The molecule has 3 amide bonds. The van der Waals surface area contributed by atoms with Crippen molar-refractivity contribution in [2.75, 3.05) is 37.0 Å². The van der Waals surface area contributed by atoms with Gasteiger partial charge in [0.15, 0.2) is 6.61 Å². The summed E-state index contributed by atoms with van der Waals surface area (Å²) < 4.78 is 43.0. The van der Waals surface area contributed by atoms with E-state index >= 15 is 0 Å². The van der Waals surface area contributed by atoms with Gasteiger partial charge in [-0.2, -0.15) is 23.3 Å². The average Bonchev–Trinajstić information content (AvgIpc) is 3.69. The lowest BCUT2D eigenvalue weighted by Gasteiger charge is -2.25. The maximum Gasteiger partial charge on any atom is 0.422 e. The van der Waals surface area contributed by atoms with E-state index in [9.17, 15) is 27.6 Å². The van der Waals surface area contributed by atoms with Crippen LogP contribution in [0.2, 0.25) is 5.02 Å². The third kappa shape index (κ3) is 11.7. The first-order valence-corrected chi connectivity index (χ1v) is 15.6. The topological polar surface area (TPSA) is 186 Å². The maximum atomic E-state index is 12.9. The maximum absolute atomic E-state index is 12.9. The lowest BCUT2D eigenvalue weighted by atomic mass is 9.93. The molecule has 0 aliphatic heterocycles. The van der Waals surface area contributed by atoms with Gasteiger partial charge in [-0.1, -0.05) is 37.6 Å². The van der Waals surface area contributed by atoms with Crippen LogP contribution in [0.5, 0.6) is 0 Å². The van der Waals surface area contributed by atoms with Crippen LogP contribution in [-0.4, -0.2) is 79.2 Å². The number of aromatic nitrogens is 2. The van der Waals surface area contributed by atoms with Gasteiger partial charge in [-0.3, -0.25) is 24.8 Å². The van der Waals surface area contributed by atoms with E-state index < -0.39 is 41.9 Å². The molecular weight excluding hydrogens is 681 g/mol. The zero-order chi connectivity index (χ0) is 36.4. The molecule has 50 heavy (non-hydrogen) atoms. The number of guanidine groups is 1. The molecule has 4 rings (SSSR count). The molecule has 266 valence electrons. The van der Waals surface area contributed by atoms with Crippen LogP contribution in [-0.2, 0) is 19.9 Å². The molecule has 1 fully saturated rings. The molecule has 1 aliphatic rings. The van der Waals surface area contributed by atoms with Crippen LogP contribution in [0.3, 0.4) is 0 Å². The summed E-state index contributed by atoms with van der Waals surface area (Å²) in [6, 6.07) is 14.4. The van der Waals surface area contributed by atoms with Gasteiger partial charge < -0.3 is 26.0 Å². The molecule has 18 heteroatoms. The Morgan fingerprint density at radius 3 is 2.26 bits per heavy atom. The SMILES string of the molecule is C=N/C(=N\C(=N/CNC1(c2ccc(Cl)cc2)CC1)Nc1ccc(C(=O)NCC(C)(C)CNC(=O)C(=O)Nc2ccn[nH]2)cc1)OCC(F)(F)F. The Bertz CT molecular complexity index is 1710. The number of carbonyl (C=O) groups excluding carboxylic acids is 3. The third-order valence-corrected chi connectivity index (χ3v) is 7.56. The van der Waals surface area contributed by atoms with Crippen LogP contribution >= 0.6 is 11.6 Å². The van der Waals surface area contributed by atoms with Gasteiger partial charge in [0, 0.05) is 41.0 Å². The van der Waals surface area contributed by atoms with Crippen LogP contribution in [0.15, 0.2) is 75.8 Å². The summed E-state index contributed by atoms with van der Waals surface area (Å²) in [5.74, 6) is -1.96. The summed E-state index contributed by atoms with van der Waals surface area (Å²) in [7, 11) is 0. The number of rotatable bonds is 12. The average molecular weight is 717 g/mol. The van der Waals surface area contributed by atoms with Gasteiger partial charge in [-0.25, -0.2) is 9.98 Å². The molecule has 1 aromatic heterocycles. The van der Waals surface area contributed by atoms with E-state index in [1.165, 1.54) is 24.4 Å². The number of halogens is 4. The largest absolute Gasteiger partial charge is 0.454 e. The highest BCUT2D eigenvalue weighted by molar-refractivity contribution is 6.39. The molecule has 1 heterocycles. The number of alkyl halides is 3. The number of hydrogen-bond donors (Lipinski definition) is 6. The fourth-order valence-corrected chi connectivity index (χ4v) is 4.53. The third-order valence-electron chi connectivity index (χ3n) is 7.31. The molecule has 0 atom stereocenters. The molecule has 0 radical (unpaired) electrons. The number of aliphatic imine (C=N–C) groups is 3. The highest BCUT2D eigenvalue weighted by Gasteiger charge is 2.43. The molecule has 1 saturated carbocycles. The van der Waals surface area contributed by atoms with Gasteiger partial charge in [0.25, 0.3) is 5.91 Å². The molecular formula is C32H36ClF3N10O4. The van der Waals surface area contributed by atoms with E-state index in [1.807, 2.05) is 12.1 Å². The van der Waals surface area contributed by atoms with Crippen molar-refractivity contribution in [3.63, 3.8) is 0 Å². The Labute approximate surface area is 290 Å². The van der Waals surface area contributed by atoms with E-state index in [0.717, 1.165) is 18.4 Å². The summed E-state index contributed by atoms with van der Waals surface area (Å²) in [5.41, 5.74) is 0.806. The Morgan fingerprint density at radius 2 is 1.66 bits per heavy atom. The predicted octanol–water partition coefficient (Wildman–Crippen LogP) is 4.21. The molecule has 0 bridgehead atoms. The van der Waals surface area contributed by atoms with E-state index in [1.54, 1.807) is 38.1 Å². The zero-order valence-electron chi connectivity index (χ0n) is 27.2. The van der Waals surface area contributed by atoms with Crippen LogP contribution in [0, 0.1) is 5.41 Å². The standard InChI is InChI=1S/C32H36ClF3N10O4/c1-30(2,17-39-26(48)27(49)44-24-12-15-42-46-24)16-38-25(47)20-4-10-23(11-5-20)43-28(45-29(37-3)50-18-32(34,35)36)40-19-41-31(13-14-31)21-6-8-22(33)9-7-21/h4-12,15,41H,3,13-14,16-19H2,1-2H3,(H,38,47)(H,39,48)(H,40,43)(H2,42,44,46,49)/b45-29+. The minimum atomic E-state index is -4.62. The first-order valence-electron chi connectivity index (χ1n) is 15.2. The number of ether oxygens (including phenoxy) is 1. The van der Waals surface area contributed by atoms with Crippen molar-refractivity contribution in [3.8, 4) is 0 Å². The quantitative estimate of drug-likeness (QED) is 0.0921. The molecule has 0 saturated heterocycles. The van der Waals surface area contributed by atoms with E-state index in [0.29, 0.717) is 16.3 Å². The summed E-state index contributed by atoms with van der Waals surface area (Å²) in [6.45, 7) is 5.52. The van der Waals surface area contributed by atoms with Gasteiger partial charge in [-0.15, -0.1) is 0 Å². The summed E-state index contributed by atoms with van der Waals surface area (Å²) in [4.78, 5) is 48.9. The van der Waals surface area contributed by atoms with E-state index in [-0.39, 0.29) is 37.1 Å². The Kier molecular flexibility index (Phi) is 12.3. The molecule has 3 aromatic rings.